The molecule has 3 aliphatic rings. The second-order valence-corrected chi connectivity index (χ2v) is 11.0. The Hall–Kier alpha value is -3.84. The lowest BCUT2D eigenvalue weighted by Gasteiger charge is -2.33. The van der Waals surface area contributed by atoms with Crippen molar-refractivity contribution in [2.75, 3.05) is 11.4 Å². The Morgan fingerprint density at radius 2 is 1.30 bits per heavy atom. The molecule has 4 aromatic carbocycles. The van der Waals surface area contributed by atoms with Gasteiger partial charge in [0.25, 0.3) is 0 Å². The molecule has 1 heterocycles. The third-order valence-corrected chi connectivity index (χ3v) is 8.81. The van der Waals surface area contributed by atoms with Gasteiger partial charge in [-0.3, -0.25) is 0 Å². The maximum atomic E-state index is 2.56. The van der Waals surface area contributed by atoms with E-state index in [2.05, 4.69) is 122 Å². The van der Waals surface area contributed by atoms with Gasteiger partial charge in [-0.15, -0.1) is 0 Å². The highest BCUT2D eigenvalue weighted by Crippen LogP contribution is 2.51. The van der Waals surface area contributed by atoms with Crippen LogP contribution in [0.3, 0.4) is 0 Å². The average molecular weight is 480 g/mol. The van der Waals surface area contributed by atoms with Crippen LogP contribution in [0.25, 0.3) is 23.3 Å². The van der Waals surface area contributed by atoms with Gasteiger partial charge >= 0.3 is 0 Å². The van der Waals surface area contributed by atoms with Crippen LogP contribution in [-0.4, -0.2) is 6.54 Å². The average Bonchev–Trinajstić information content (AvgIpc) is 3.44. The van der Waals surface area contributed by atoms with E-state index in [1.165, 1.54) is 74.3 Å². The molecular formula is C36H33N. The number of aryl methyl sites for hydroxylation is 1. The summed E-state index contributed by atoms with van der Waals surface area (Å²) in [5.41, 5.74) is 15.7. The summed E-state index contributed by atoms with van der Waals surface area (Å²) in [6, 6.07) is 33.7. The molecular weight excluding hydrogens is 446 g/mol. The van der Waals surface area contributed by atoms with Crippen LogP contribution in [-0.2, 0) is 6.42 Å². The van der Waals surface area contributed by atoms with Gasteiger partial charge in [-0.05, 0) is 78.6 Å². The van der Waals surface area contributed by atoms with Crippen LogP contribution in [0.4, 0.5) is 11.4 Å². The van der Waals surface area contributed by atoms with Crippen molar-refractivity contribution in [2.45, 2.75) is 44.9 Å². The molecule has 1 aliphatic heterocycles. The van der Waals surface area contributed by atoms with Gasteiger partial charge in [0.1, 0.15) is 0 Å². The number of benzene rings is 4. The minimum absolute atomic E-state index is 0.453. The summed E-state index contributed by atoms with van der Waals surface area (Å²) in [6.07, 6.45) is 8.43. The highest BCUT2D eigenvalue weighted by atomic mass is 15.1. The normalized spacial score (nSPS) is 19.7. The number of allylic oxidation sites excluding steroid dienone is 2. The largest absolute Gasteiger partial charge is 0.341 e. The quantitative estimate of drug-likeness (QED) is 0.282. The zero-order chi connectivity index (χ0) is 24.9. The van der Waals surface area contributed by atoms with Crippen LogP contribution in [0, 0.1) is 0 Å². The number of hydrogen-bond donors (Lipinski definition) is 0. The van der Waals surface area contributed by atoms with Gasteiger partial charge in [-0.2, -0.15) is 0 Å². The molecule has 7 rings (SSSR count). The fourth-order valence-corrected chi connectivity index (χ4v) is 6.98. The first-order valence-electron chi connectivity index (χ1n) is 13.7. The predicted octanol–water partition coefficient (Wildman–Crippen LogP) is 9.53. The Labute approximate surface area is 220 Å². The first kappa shape index (κ1) is 22.4. The van der Waals surface area contributed by atoms with Crippen molar-refractivity contribution in [3.05, 3.63) is 130 Å². The van der Waals surface area contributed by atoms with Gasteiger partial charge in [-0.1, -0.05) is 102 Å². The van der Waals surface area contributed by atoms with Crippen LogP contribution < -0.4 is 4.90 Å². The molecule has 0 N–H and O–H groups in total. The second kappa shape index (κ2) is 8.92. The lowest BCUT2D eigenvalue weighted by Crippen LogP contribution is -2.25. The molecule has 37 heavy (non-hydrogen) atoms. The number of anilines is 2. The summed E-state index contributed by atoms with van der Waals surface area (Å²) in [5, 5.41) is 0. The Morgan fingerprint density at radius 1 is 0.649 bits per heavy atom. The molecule has 1 nitrogen and oxygen atoms in total. The molecule has 4 aromatic rings. The van der Waals surface area contributed by atoms with Crippen molar-refractivity contribution in [1.29, 1.82) is 0 Å². The van der Waals surface area contributed by atoms with Crippen LogP contribution in [0.1, 0.15) is 66.3 Å². The van der Waals surface area contributed by atoms with E-state index >= 15 is 0 Å². The van der Waals surface area contributed by atoms with Gasteiger partial charge < -0.3 is 4.90 Å². The van der Waals surface area contributed by atoms with Crippen molar-refractivity contribution in [3.8, 4) is 11.1 Å². The number of fused-ring (bicyclic) bond motifs is 3. The number of para-hydroxylation sites is 1. The standard InChI is InChI=1S/C36H33N/c1-24-21-33-28(26-11-4-3-5-12-26)15-8-16-29(33)31(24)23-32-25(2)22-34-30(32)17-9-19-36(34)37-20-10-14-27-13-6-7-18-35(27)37/h3-9,11-13,15-19,21-22,31-32H,10,14,20,23H2,1-2H3. The zero-order valence-electron chi connectivity index (χ0n) is 21.7. The van der Waals surface area contributed by atoms with Gasteiger partial charge in [-0.25, -0.2) is 0 Å². The van der Waals surface area contributed by atoms with Gasteiger partial charge in [0.05, 0.1) is 0 Å². The lowest BCUT2D eigenvalue weighted by atomic mass is 9.81. The fourth-order valence-electron chi connectivity index (χ4n) is 6.98. The highest BCUT2D eigenvalue weighted by Gasteiger charge is 2.33. The van der Waals surface area contributed by atoms with Crippen molar-refractivity contribution in [1.82, 2.24) is 0 Å². The molecule has 0 aromatic heterocycles. The predicted molar refractivity (Wildman–Crippen MR) is 157 cm³/mol. The first-order chi connectivity index (χ1) is 18.2. The molecule has 0 bridgehead atoms. The van der Waals surface area contributed by atoms with Crippen molar-refractivity contribution >= 4 is 23.5 Å². The molecule has 0 saturated heterocycles. The molecule has 1 heteroatoms. The minimum atomic E-state index is 0.453. The summed E-state index contributed by atoms with van der Waals surface area (Å²) in [4.78, 5) is 2.56. The Bertz CT molecular complexity index is 1560. The molecule has 0 fully saturated rings. The van der Waals surface area contributed by atoms with Crippen LogP contribution >= 0.6 is 0 Å². The highest BCUT2D eigenvalue weighted by molar-refractivity contribution is 5.84. The third kappa shape index (κ3) is 3.68. The zero-order valence-corrected chi connectivity index (χ0v) is 21.7. The van der Waals surface area contributed by atoms with Crippen molar-refractivity contribution in [3.63, 3.8) is 0 Å². The maximum absolute atomic E-state index is 2.56. The van der Waals surface area contributed by atoms with Gasteiger partial charge in [0.15, 0.2) is 0 Å². The van der Waals surface area contributed by atoms with E-state index < -0.39 is 0 Å². The Kier molecular flexibility index (Phi) is 5.39. The number of rotatable bonds is 4. The summed E-state index contributed by atoms with van der Waals surface area (Å²) >= 11 is 0. The SMILES string of the molecule is CC1=Cc2c(-c3ccccc3)cccc2C1CC1C(C)=Cc2c1cccc2N1CCCc2ccccc21. The smallest absolute Gasteiger partial charge is 0.0487 e. The molecule has 0 spiro atoms. The van der Waals surface area contributed by atoms with Crippen LogP contribution in [0.2, 0.25) is 0 Å². The summed E-state index contributed by atoms with van der Waals surface area (Å²) in [5.74, 6) is 0.909. The lowest BCUT2D eigenvalue weighted by molar-refractivity contribution is 0.642. The van der Waals surface area contributed by atoms with E-state index in [0.29, 0.717) is 11.8 Å². The van der Waals surface area contributed by atoms with E-state index in [9.17, 15) is 0 Å². The van der Waals surface area contributed by atoms with Gasteiger partial charge in [0, 0.05) is 35.3 Å². The monoisotopic (exact) mass is 479 g/mol. The van der Waals surface area contributed by atoms with E-state index in [1.54, 1.807) is 0 Å². The topological polar surface area (TPSA) is 3.24 Å². The summed E-state index contributed by atoms with van der Waals surface area (Å²) in [7, 11) is 0. The Morgan fingerprint density at radius 3 is 2.11 bits per heavy atom. The molecule has 182 valence electrons. The maximum Gasteiger partial charge on any atom is 0.0487 e. The van der Waals surface area contributed by atoms with E-state index in [1.807, 2.05) is 0 Å². The van der Waals surface area contributed by atoms with E-state index in [-0.39, 0.29) is 0 Å². The first-order valence-corrected chi connectivity index (χ1v) is 13.7. The van der Waals surface area contributed by atoms with Crippen LogP contribution in [0.15, 0.2) is 102 Å². The van der Waals surface area contributed by atoms with E-state index in [0.717, 1.165) is 13.0 Å². The second-order valence-electron chi connectivity index (χ2n) is 11.0. The Balaban J connectivity index is 1.24. The molecule has 0 radical (unpaired) electrons. The fraction of sp³-hybridized carbons (Fsp3) is 0.222. The minimum Gasteiger partial charge on any atom is -0.341 e. The number of nitrogens with zero attached hydrogens (tertiary/aromatic N) is 1. The third-order valence-electron chi connectivity index (χ3n) is 8.81. The van der Waals surface area contributed by atoms with Crippen molar-refractivity contribution < 1.29 is 0 Å². The molecule has 0 saturated carbocycles. The van der Waals surface area contributed by atoms with Crippen molar-refractivity contribution in [2.24, 2.45) is 0 Å². The summed E-state index contributed by atoms with van der Waals surface area (Å²) in [6.45, 7) is 5.76. The van der Waals surface area contributed by atoms with E-state index in [4.69, 9.17) is 0 Å². The molecule has 2 unspecified atom stereocenters. The summed E-state index contributed by atoms with van der Waals surface area (Å²) < 4.78 is 0. The molecule has 0 amide bonds. The molecule has 2 aliphatic carbocycles. The van der Waals surface area contributed by atoms with Crippen LogP contribution in [0.5, 0.6) is 0 Å². The molecule has 2 atom stereocenters. The number of hydrogen-bond acceptors (Lipinski definition) is 1. The van der Waals surface area contributed by atoms with Gasteiger partial charge in [0.2, 0.25) is 0 Å².